The maximum atomic E-state index is 12.7. The maximum absolute atomic E-state index is 12.7. The van der Waals surface area contributed by atoms with E-state index >= 15 is 0 Å². The number of thiazole rings is 1. The zero-order chi connectivity index (χ0) is 18.8. The Hall–Kier alpha value is -2.74. The van der Waals surface area contributed by atoms with Gasteiger partial charge in [0, 0.05) is 18.8 Å². The third-order valence-electron chi connectivity index (χ3n) is 4.68. The van der Waals surface area contributed by atoms with Crippen LogP contribution in [0.1, 0.15) is 25.3 Å². The molecule has 1 aliphatic rings. The first-order valence-corrected chi connectivity index (χ1v) is 9.95. The largest absolute Gasteiger partial charge is 0.348 e. The van der Waals surface area contributed by atoms with Gasteiger partial charge in [-0.25, -0.2) is 4.98 Å². The lowest BCUT2D eigenvalue weighted by Gasteiger charge is -2.11. The van der Waals surface area contributed by atoms with Crippen molar-refractivity contribution in [1.82, 2.24) is 14.5 Å². The van der Waals surface area contributed by atoms with Gasteiger partial charge in [0.1, 0.15) is 17.6 Å². The van der Waals surface area contributed by atoms with Crippen molar-refractivity contribution >= 4 is 38.4 Å². The number of rotatable bonds is 5. The number of hydrogen-bond acceptors (Lipinski definition) is 6. The van der Waals surface area contributed by atoms with Gasteiger partial charge in [-0.05, 0) is 37.0 Å². The molecule has 0 aliphatic carbocycles. The molecule has 1 aliphatic heterocycles. The Bertz CT molecular complexity index is 1040. The quantitative estimate of drug-likeness (QED) is 0.733. The van der Waals surface area contributed by atoms with E-state index in [1.54, 1.807) is 0 Å². The Morgan fingerprint density at radius 1 is 1.30 bits per heavy atom. The fraction of sp³-hybridized carbons (Fsp3) is 0.368. The number of nitrogens with one attached hydrogen (secondary N) is 1. The van der Waals surface area contributed by atoms with E-state index in [0.29, 0.717) is 10.3 Å². The summed E-state index contributed by atoms with van der Waals surface area (Å²) < 4.78 is 1.84. The summed E-state index contributed by atoms with van der Waals surface area (Å²) in [5.74, 6) is -0.254. The third kappa shape index (κ3) is 3.71. The number of benzene rings is 1. The Labute approximate surface area is 160 Å². The van der Waals surface area contributed by atoms with Crippen LogP contribution < -0.4 is 15.8 Å². The second kappa shape index (κ2) is 7.48. The van der Waals surface area contributed by atoms with Crippen LogP contribution in [0.4, 0.5) is 10.8 Å². The van der Waals surface area contributed by atoms with Gasteiger partial charge < -0.3 is 10.2 Å². The highest BCUT2D eigenvalue weighted by Gasteiger charge is 2.19. The average Bonchev–Trinajstić information content (AvgIpc) is 3.34. The SMILES string of the molecule is CCc1cccc(NC(=O)Cn2cnc3nc(N4CCCC4)sc3c2=O)c1. The van der Waals surface area contributed by atoms with Crippen molar-refractivity contribution in [1.29, 1.82) is 0 Å². The van der Waals surface area contributed by atoms with E-state index in [1.807, 2.05) is 24.3 Å². The predicted octanol–water partition coefficient (Wildman–Crippen LogP) is 2.65. The second-order valence-corrected chi connectivity index (χ2v) is 7.60. The van der Waals surface area contributed by atoms with Crippen molar-refractivity contribution in [3.63, 3.8) is 0 Å². The lowest BCUT2D eigenvalue weighted by molar-refractivity contribution is -0.116. The Balaban J connectivity index is 1.53. The van der Waals surface area contributed by atoms with Crippen LogP contribution in [0.25, 0.3) is 10.3 Å². The number of carbonyl (C=O) groups excluding carboxylic acids is 1. The summed E-state index contributed by atoms with van der Waals surface area (Å²) in [6, 6.07) is 7.70. The van der Waals surface area contributed by atoms with Gasteiger partial charge in [-0.3, -0.25) is 14.2 Å². The first-order valence-electron chi connectivity index (χ1n) is 9.14. The molecule has 1 N–H and O–H groups in total. The minimum absolute atomic E-state index is 0.0743. The highest BCUT2D eigenvalue weighted by Crippen LogP contribution is 2.27. The summed E-state index contributed by atoms with van der Waals surface area (Å²) in [5.41, 5.74) is 2.11. The molecule has 1 fully saturated rings. The van der Waals surface area contributed by atoms with Crippen LogP contribution in [0, 0.1) is 0 Å². The van der Waals surface area contributed by atoms with Crippen LogP contribution in [0.5, 0.6) is 0 Å². The Morgan fingerprint density at radius 3 is 2.89 bits per heavy atom. The van der Waals surface area contributed by atoms with Crippen molar-refractivity contribution in [2.24, 2.45) is 0 Å². The van der Waals surface area contributed by atoms with E-state index < -0.39 is 0 Å². The van der Waals surface area contributed by atoms with E-state index in [-0.39, 0.29) is 18.0 Å². The third-order valence-corrected chi connectivity index (χ3v) is 5.78. The van der Waals surface area contributed by atoms with E-state index in [9.17, 15) is 9.59 Å². The Kier molecular flexibility index (Phi) is 4.89. The number of fused-ring (bicyclic) bond motifs is 1. The topological polar surface area (TPSA) is 80.1 Å². The molecule has 1 amide bonds. The molecule has 0 radical (unpaired) electrons. The number of aryl methyl sites for hydroxylation is 1. The van der Waals surface area contributed by atoms with E-state index in [1.165, 1.54) is 22.2 Å². The first-order chi connectivity index (χ1) is 13.1. The van der Waals surface area contributed by atoms with Gasteiger partial charge in [0.15, 0.2) is 10.8 Å². The Morgan fingerprint density at radius 2 is 2.11 bits per heavy atom. The normalized spacial score (nSPS) is 14.0. The summed E-state index contributed by atoms with van der Waals surface area (Å²) in [6.07, 6.45) is 4.59. The number of nitrogens with zero attached hydrogens (tertiary/aromatic N) is 4. The molecule has 2 aromatic heterocycles. The molecule has 140 valence electrons. The van der Waals surface area contributed by atoms with Crippen molar-refractivity contribution in [2.75, 3.05) is 23.3 Å². The first kappa shape index (κ1) is 17.7. The lowest BCUT2D eigenvalue weighted by atomic mass is 10.1. The van der Waals surface area contributed by atoms with Crippen molar-refractivity contribution in [2.45, 2.75) is 32.7 Å². The smallest absolute Gasteiger partial charge is 0.273 e. The predicted molar refractivity (Wildman–Crippen MR) is 108 cm³/mol. The molecule has 7 nitrogen and oxygen atoms in total. The second-order valence-electron chi connectivity index (χ2n) is 6.62. The van der Waals surface area contributed by atoms with Gasteiger partial charge in [-0.15, -0.1) is 0 Å². The highest BCUT2D eigenvalue weighted by atomic mass is 32.1. The number of aromatic nitrogens is 3. The zero-order valence-electron chi connectivity index (χ0n) is 15.1. The van der Waals surface area contributed by atoms with Gasteiger partial charge in [0.25, 0.3) is 5.56 Å². The molecule has 1 saturated heterocycles. The van der Waals surface area contributed by atoms with Crippen molar-refractivity contribution in [3.05, 3.63) is 46.5 Å². The van der Waals surface area contributed by atoms with Crippen LogP contribution in [-0.4, -0.2) is 33.5 Å². The standard InChI is InChI=1S/C19H21N5O2S/c1-2-13-6-5-7-14(10-13)21-15(25)11-24-12-20-17-16(18(24)26)27-19(22-17)23-8-3-4-9-23/h5-7,10,12H,2-4,8-9,11H2,1H3,(H,21,25). The van der Waals surface area contributed by atoms with E-state index in [2.05, 4.69) is 27.1 Å². The number of anilines is 2. The summed E-state index contributed by atoms with van der Waals surface area (Å²) >= 11 is 1.36. The molecular formula is C19H21N5O2S. The van der Waals surface area contributed by atoms with Crippen LogP contribution >= 0.6 is 11.3 Å². The molecule has 1 aromatic carbocycles. The summed E-state index contributed by atoms with van der Waals surface area (Å²) in [7, 11) is 0. The lowest BCUT2D eigenvalue weighted by Crippen LogP contribution is -2.27. The highest BCUT2D eigenvalue weighted by molar-refractivity contribution is 7.22. The van der Waals surface area contributed by atoms with Crippen molar-refractivity contribution < 1.29 is 4.79 Å². The fourth-order valence-electron chi connectivity index (χ4n) is 3.22. The summed E-state index contributed by atoms with van der Waals surface area (Å²) in [4.78, 5) is 36.0. The maximum Gasteiger partial charge on any atom is 0.273 e. The summed E-state index contributed by atoms with van der Waals surface area (Å²) in [5, 5.41) is 3.68. The minimum Gasteiger partial charge on any atom is -0.348 e. The van der Waals surface area contributed by atoms with Gasteiger partial charge in [0.2, 0.25) is 5.91 Å². The molecule has 4 rings (SSSR count). The molecule has 0 atom stereocenters. The number of amides is 1. The fourth-order valence-corrected chi connectivity index (χ4v) is 4.24. The van der Waals surface area contributed by atoms with Crippen LogP contribution in [0.2, 0.25) is 0 Å². The van der Waals surface area contributed by atoms with E-state index in [0.717, 1.165) is 48.7 Å². The summed E-state index contributed by atoms with van der Waals surface area (Å²) in [6.45, 7) is 3.92. The minimum atomic E-state index is -0.254. The zero-order valence-corrected chi connectivity index (χ0v) is 16.0. The van der Waals surface area contributed by atoms with Gasteiger partial charge in [-0.2, -0.15) is 4.98 Å². The molecule has 3 heterocycles. The number of hydrogen-bond donors (Lipinski definition) is 1. The van der Waals surface area contributed by atoms with E-state index in [4.69, 9.17) is 0 Å². The molecular weight excluding hydrogens is 362 g/mol. The molecule has 0 spiro atoms. The van der Waals surface area contributed by atoms with Crippen LogP contribution in [0.3, 0.4) is 0 Å². The molecule has 8 heteroatoms. The monoisotopic (exact) mass is 383 g/mol. The van der Waals surface area contributed by atoms with Crippen LogP contribution in [-0.2, 0) is 17.8 Å². The molecule has 0 bridgehead atoms. The average molecular weight is 383 g/mol. The van der Waals surface area contributed by atoms with Crippen LogP contribution in [0.15, 0.2) is 35.4 Å². The molecule has 0 saturated carbocycles. The molecule has 0 unspecified atom stereocenters. The van der Waals surface area contributed by atoms with Crippen molar-refractivity contribution in [3.8, 4) is 0 Å². The van der Waals surface area contributed by atoms with Gasteiger partial charge in [-0.1, -0.05) is 30.4 Å². The van der Waals surface area contributed by atoms with Gasteiger partial charge >= 0.3 is 0 Å². The number of carbonyl (C=O) groups is 1. The molecule has 3 aromatic rings. The van der Waals surface area contributed by atoms with Gasteiger partial charge in [0.05, 0.1) is 0 Å². The molecule has 27 heavy (non-hydrogen) atoms.